The zero-order valence-electron chi connectivity index (χ0n) is 11.2. The van der Waals surface area contributed by atoms with Crippen molar-refractivity contribution in [2.75, 3.05) is 6.54 Å². The number of hydrogen-bond acceptors (Lipinski definition) is 2. The van der Waals surface area contributed by atoms with Gasteiger partial charge in [0.15, 0.2) is 0 Å². The van der Waals surface area contributed by atoms with Crippen molar-refractivity contribution in [1.82, 2.24) is 4.90 Å². The summed E-state index contributed by atoms with van der Waals surface area (Å²) in [7, 11) is 0. The molecule has 0 aromatic heterocycles. The van der Waals surface area contributed by atoms with Gasteiger partial charge >= 0.3 is 0 Å². The highest BCUT2D eigenvalue weighted by Gasteiger charge is 2.46. The van der Waals surface area contributed by atoms with Crippen molar-refractivity contribution >= 4 is 5.91 Å². The van der Waals surface area contributed by atoms with E-state index >= 15 is 0 Å². The van der Waals surface area contributed by atoms with Crippen molar-refractivity contribution in [3.05, 3.63) is 0 Å². The van der Waals surface area contributed by atoms with E-state index in [0.717, 1.165) is 25.8 Å². The van der Waals surface area contributed by atoms with Crippen LogP contribution in [0.15, 0.2) is 0 Å². The molecule has 0 aromatic rings. The molecule has 3 heteroatoms. The smallest absolute Gasteiger partial charge is 0.230 e. The molecule has 98 valence electrons. The Morgan fingerprint density at radius 1 is 1.29 bits per heavy atom. The summed E-state index contributed by atoms with van der Waals surface area (Å²) in [5.41, 5.74) is 5.86. The molecule has 0 bridgehead atoms. The molecule has 2 atom stereocenters. The highest BCUT2D eigenvalue weighted by Crippen LogP contribution is 2.39. The molecule has 2 aliphatic rings. The first kappa shape index (κ1) is 12.9. The van der Waals surface area contributed by atoms with E-state index in [1.165, 1.54) is 25.7 Å². The van der Waals surface area contributed by atoms with E-state index in [1.807, 2.05) is 0 Å². The Morgan fingerprint density at radius 2 is 1.94 bits per heavy atom. The van der Waals surface area contributed by atoms with Gasteiger partial charge in [-0.2, -0.15) is 0 Å². The summed E-state index contributed by atoms with van der Waals surface area (Å²) in [5, 5.41) is 0. The fraction of sp³-hybridized carbons (Fsp3) is 0.929. The van der Waals surface area contributed by atoms with E-state index in [2.05, 4.69) is 18.7 Å². The van der Waals surface area contributed by atoms with Gasteiger partial charge in [-0.1, -0.05) is 19.3 Å². The van der Waals surface area contributed by atoms with E-state index in [-0.39, 0.29) is 11.5 Å². The molecular formula is C14H26N2O. The first-order valence-corrected chi connectivity index (χ1v) is 7.16. The van der Waals surface area contributed by atoms with Gasteiger partial charge in [0.1, 0.15) is 0 Å². The van der Waals surface area contributed by atoms with E-state index in [9.17, 15) is 4.79 Å². The zero-order chi connectivity index (χ0) is 12.5. The van der Waals surface area contributed by atoms with E-state index < -0.39 is 0 Å². The Morgan fingerprint density at radius 3 is 2.41 bits per heavy atom. The maximum atomic E-state index is 12.7. The minimum Gasteiger partial charge on any atom is -0.339 e. The minimum atomic E-state index is -0.293. The molecule has 2 fully saturated rings. The Hall–Kier alpha value is -0.570. The summed E-state index contributed by atoms with van der Waals surface area (Å²) >= 11 is 0. The third-order valence-electron chi connectivity index (χ3n) is 4.89. The largest absolute Gasteiger partial charge is 0.339 e. The third kappa shape index (κ3) is 2.22. The average molecular weight is 238 g/mol. The topological polar surface area (TPSA) is 46.3 Å². The molecule has 17 heavy (non-hydrogen) atoms. The van der Waals surface area contributed by atoms with Gasteiger partial charge in [-0.25, -0.2) is 0 Å². The number of carbonyl (C=O) groups is 1. The number of amides is 1. The molecular weight excluding hydrogens is 212 g/mol. The van der Waals surface area contributed by atoms with Gasteiger partial charge in [0.25, 0.3) is 0 Å². The molecule has 3 nitrogen and oxygen atoms in total. The molecule has 0 radical (unpaired) electrons. The second-order valence-electron chi connectivity index (χ2n) is 5.95. The molecule has 0 saturated heterocycles. The number of nitrogens with zero attached hydrogens (tertiary/aromatic N) is 1. The summed E-state index contributed by atoms with van der Waals surface area (Å²) in [6, 6.07) is 0.544. The summed E-state index contributed by atoms with van der Waals surface area (Å²) < 4.78 is 0. The second-order valence-corrected chi connectivity index (χ2v) is 5.95. The van der Waals surface area contributed by atoms with E-state index in [1.54, 1.807) is 0 Å². The van der Waals surface area contributed by atoms with Gasteiger partial charge in [-0.05, 0) is 39.5 Å². The lowest BCUT2D eigenvalue weighted by molar-refractivity contribution is -0.143. The Bertz CT molecular complexity index is 286. The van der Waals surface area contributed by atoms with Crippen molar-refractivity contribution < 1.29 is 4.79 Å². The summed E-state index contributed by atoms with van der Waals surface area (Å²) in [4.78, 5) is 14.9. The number of rotatable bonds is 3. The number of nitrogens with two attached hydrogens (primary N) is 1. The minimum absolute atomic E-state index is 0.0606. The van der Waals surface area contributed by atoms with Gasteiger partial charge in [0.2, 0.25) is 5.91 Å². The molecule has 0 aliphatic heterocycles. The van der Waals surface area contributed by atoms with Crippen molar-refractivity contribution in [1.29, 1.82) is 0 Å². The standard InChI is InChI=1S/C14H26N2O/c1-3-16(11-7-4-5-8-11)13(17)14(2)10-6-9-12(14)15/h11-12H,3-10,15H2,1-2H3. The molecule has 0 spiro atoms. The quantitative estimate of drug-likeness (QED) is 0.820. The van der Waals surface area contributed by atoms with Crippen LogP contribution in [0.3, 0.4) is 0 Å². The fourth-order valence-electron chi connectivity index (χ4n) is 3.57. The van der Waals surface area contributed by atoms with Gasteiger partial charge in [0, 0.05) is 18.6 Å². The molecule has 2 N–H and O–H groups in total. The van der Waals surface area contributed by atoms with Crippen LogP contribution >= 0.6 is 0 Å². The Kier molecular flexibility index (Phi) is 3.76. The predicted octanol–water partition coefficient (Wildman–Crippen LogP) is 2.29. The highest BCUT2D eigenvalue weighted by atomic mass is 16.2. The predicted molar refractivity (Wildman–Crippen MR) is 69.6 cm³/mol. The van der Waals surface area contributed by atoms with Crippen LogP contribution in [0.25, 0.3) is 0 Å². The SMILES string of the molecule is CCN(C(=O)C1(C)CCCC1N)C1CCCC1. The molecule has 2 rings (SSSR count). The van der Waals surface area contributed by atoms with Crippen molar-refractivity contribution in [2.45, 2.75) is 70.9 Å². The molecule has 2 unspecified atom stereocenters. The molecule has 0 aromatic carbocycles. The normalized spacial score (nSPS) is 34.2. The van der Waals surface area contributed by atoms with Gasteiger partial charge in [-0.15, -0.1) is 0 Å². The number of hydrogen-bond donors (Lipinski definition) is 1. The van der Waals surface area contributed by atoms with Gasteiger partial charge < -0.3 is 10.6 Å². The van der Waals surface area contributed by atoms with Crippen LogP contribution in [0.4, 0.5) is 0 Å². The first-order chi connectivity index (χ1) is 8.09. The maximum Gasteiger partial charge on any atom is 0.230 e. The molecule has 0 heterocycles. The van der Waals surface area contributed by atoms with Crippen LogP contribution in [0.1, 0.15) is 58.8 Å². The van der Waals surface area contributed by atoms with E-state index in [4.69, 9.17) is 5.73 Å². The van der Waals surface area contributed by atoms with Crippen LogP contribution in [0, 0.1) is 5.41 Å². The Balaban J connectivity index is 2.11. The van der Waals surface area contributed by atoms with Crippen LogP contribution < -0.4 is 5.73 Å². The van der Waals surface area contributed by atoms with Crippen molar-refractivity contribution in [3.8, 4) is 0 Å². The first-order valence-electron chi connectivity index (χ1n) is 7.16. The lowest BCUT2D eigenvalue weighted by Gasteiger charge is -2.37. The van der Waals surface area contributed by atoms with Crippen molar-refractivity contribution in [3.63, 3.8) is 0 Å². The average Bonchev–Trinajstić information content (AvgIpc) is 2.92. The highest BCUT2D eigenvalue weighted by molar-refractivity contribution is 5.83. The summed E-state index contributed by atoms with van der Waals surface area (Å²) in [5.74, 6) is 0.317. The second kappa shape index (κ2) is 4.97. The summed E-state index contributed by atoms with van der Waals surface area (Å²) in [6.45, 7) is 5.01. The fourth-order valence-corrected chi connectivity index (χ4v) is 3.57. The van der Waals surface area contributed by atoms with E-state index in [0.29, 0.717) is 11.9 Å². The molecule has 1 amide bonds. The number of carbonyl (C=O) groups excluding carboxylic acids is 1. The van der Waals surface area contributed by atoms with Crippen LogP contribution in [0.2, 0.25) is 0 Å². The lowest BCUT2D eigenvalue weighted by Crippen LogP contribution is -2.51. The lowest BCUT2D eigenvalue weighted by atomic mass is 9.83. The monoisotopic (exact) mass is 238 g/mol. The zero-order valence-corrected chi connectivity index (χ0v) is 11.2. The van der Waals surface area contributed by atoms with Gasteiger partial charge in [-0.3, -0.25) is 4.79 Å². The van der Waals surface area contributed by atoms with Gasteiger partial charge in [0.05, 0.1) is 5.41 Å². The molecule has 2 aliphatic carbocycles. The molecule has 2 saturated carbocycles. The van der Waals surface area contributed by atoms with Crippen LogP contribution in [-0.2, 0) is 4.79 Å². The van der Waals surface area contributed by atoms with Crippen molar-refractivity contribution in [2.24, 2.45) is 11.1 Å². The third-order valence-corrected chi connectivity index (χ3v) is 4.89. The summed E-state index contributed by atoms with van der Waals surface area (Å²) in [6.07, 6.45) is 8.00. The maximum absolute atomic E-state index is 12.7. The van der Waals surface area contributed by atoms with Crippen LogP contribution in [0.5, 0.6) is 0 Å². The Labute approximate surface area is 105 Å². The van der Waals surface area contributed by atoms with Crippen LogP contribution in [-0.4, -0.2) is 29.4 Å².